The average Bonchev–Trinajstić information content (AvgIpc) is 3.46. The molecule has 1 unspecified atom stereocenters. The third-order valence-corrected chi connectivity index (χ3v) is 7.08. The number of amides is 1. The smallest absolute Gasteiger partial charge is 0.297 e. The van der Waals surface area contributed by atoms with Gasteiger partial charge < -0.3 is 4.42 Å². The fourth-order valence-electron chi connectivity index (χ4n) is 3.82. The van der Waals surface area contributed by atoms with Gasteiger partial charge >= 0.3 is 0 Å². The third kappa shape index (κ3) is 2.41. The summed E-state index contributed by atoms with van der Waals surface area (Å²) < 4.78 is 20.2. The van der Waals surface area contributed by atoms with Gasteiger partial charge in [-0.1, -0.05) is 29.5 Å². The summed E-state index contributed by atoms with van der Waals surface area (Å²) in [5, 5.41) is 2.72. The Morgan fingerprint density at radius 1 is 1.07 bits per heavy atom. The van der Waals surface area contributed by atoms with Crippen LogP contribution in [0.2, 0.25) is 0 Å². The van der Waals surface area contributed by atoms with Gasteiger partial charge in [-0.05, 0) is 41.8 Å². The first-order valence-electron chi connectivity index (χ1n) is 9.10. The lowest BCUT2D eigenvalue weighted by Gasteiger charge is -2.20. The quantitative estimate of drug-likeness (QED) is 0.376. The van der Waals surface area contributed by atoms with Crippen molar-refractivity contribution in [2.45, 2.75) is 6.04 Å². The number of nitrogens with zero attached hydrogens (tertiary/aromatic N) is 2. The van der Waals surface area contributed by atoms with Crippen molar-refractivity contribution >= 4 is 54.9 Å². The van der Waals surface area contributed by atoms with Crippen LogP contribution in [0, 0.1) is 5.82 Å². The van der Waals surface area contributed by atoms with E-state index in [1.54, 1.807) is 30.3 Å². The monoisotopic (exact) mass is 434 g/mol. The Hall–Kier alpha value is -3.36. The second-order valence-corrected chi connectivity index (χ2v) is 8.86. The van der Waals surface area contributed by atoms with Gasteiger partial charge in [-0.15, -0.1) is 11.3 Å². The number of aromatic nitrogens is 1. The number of carbonyl (C=O) groups excluding carboxylic acids is 1. The van der Waals surface area contributed by atoms with Crippen molar-refractivity contribution in [3.63, 3.8) is 0 Å². The summed E-state index contributed by atoms with van der Waals surface area (Å²) >= 11 is 2.66. The van der Waals surface area contributed by atoms with Gasteiger partial charge in [-0.3, -0.25) is 14.5 Å². The zero-order chi connectivity index (χ0) is 20.4. The van der Waals surface area contributed by atoms with Gasteiger partial charge in [-0.2, -0.15) is 0 Å². The lowest BCUT2D eigenvalue weighted by Crippen LogP contribution is -2.28. The number of fused-ring (bicyclic) bond motifs is 3. The number of halogens is 1. The van der Waals surface area contributed by atoms with E-state index in [-0.39, 0.29) is 17.0 Å². The van der Waals surface area contributed by atoms with E-state index >= 15 is 0 Å². The van der Waals surface area contributed by atoms with Gasteiger partial charge in [0.05, 0.1) is 21.2 Å². The highest BCUT2D eigenvalue weighted by Crippen LogP contribution is 2.44. The van der Waals surface area contributed by atoms with E-state index < -0.39 is 11.9 Å². The molecule has 6 rings (SSSR count). The Morgan fingerprint density at radius 2 is 1.93 bits per heavy atom. The zero-order valence-electron chi connectivity index (χ0n) is 15.2. The minimum atomic E-state index is -0.640. The van der Waals surface area contributed by atoms with Crippen molar-refractivity contribution < 1.29 is 13.6 Å². The van der Waals surface area contributed by atoms with Crippen LogP contribution in [-0.2, 0) is 0 Å². The van der Waals surface area contributed by atoms with E-state index in [1.165, 1.54) is 39.7 Å². The number of thiazole rings is 1. The summed E-state index contributed by atoms with van der Waals surface area (Å²) in [6.07, 6.45) is 0. The molecule has 0 aliphatic carbocycles. The van der Waals surface area contributed by atoms with E-state index in [0.29, 0.717) is 31.9 Å². The molecule has 8 heteroatoms. The van der Waals surface area contributed by atoms with Crippen molar-refractivity contribution in [3.05, 3.63) is 92.2 Å². The van der Waals surface area contributed by atoms with Crippen molar-refractivity contribution in [2.75, 3.05) is 4.90 Å². The minimum Gasteiger partial charge on any atom is -0.450 e. The Labute approximate surface area is 176 Å². The molecule has 30 heavy (non-hydrogen) atoms. The summed E-state index contributed by atoms with van der Waals surface area (Å²) in [6.45, 7) is 0. The SMILES string of the molecule is O=C1c2oc3ccccc3c(=O)c2C(c2cccs2)N1c1nc2ccc(F)cc2s1. The molecular weight excluding hydrogens is 423 g/mol. The normalized spacial score (nSPS) is 16.0. The van der Waals surface area contributed by atoms with E-state index in [2.05, 4.69) is 4.98 Å². The van der Waals surface area contributed by atoms with Crippen LogP contribution in [0.25, 0.3) is 21.2 Å². The Morgan fingerprint density at radius 3 is 2.77 bits per heavy atom. The topological polar surface area (TPSA) is 63.4 Å². The number of thiophene rings is 1. The molecule has 0 bridgehead atoms. The molecule has 4 heterocycles. The van der Waals surface area contributed by atoms with Crippen molar-refractivity contribution in [2.24, 2.45) is 0 Å². The number of carbonyl (C=O) groups is 1. The molecule has 0 radical (unpaired) electrons. The fraction of sp³-hybridized carbons (Fsp3) is 0.0455. The predicted molar refractivity (Wildman–Crippen MR) is 115 cm³/mol. The standard InChI is InChI=1S/C22H11FN2O3S2/c23-11-7-8-13-16(10-11)30-22(24-13)25-18(15-6-3-9-29-15)17-19(26)12-4-1-2-5-14(12)28-20(17)21(25)27/h1-10,18H. The summed E-state index contributed by atoms with van der Waals surface area (Å²) in [5.74, 6) is -0.764. The van der Waals surface area contributed by atoms with Gasteiger partial charge in [0.2, 0.25) is 5.76 Å². The molecule has 1 amide bonds. The molecule has 3 aromatic heterocycles. The largest absolute Gasteiger partial charge is 0.450 e. The molecule has 0 saturated carbocycles. The number of para-hydroxylation sites is 1. The van der Waals surface area contributed by atoms with Crippen molar-refractivity contribution in [3.8, 4) is 0 Å². The summed E-state index contributed by atoms with van der Waals surface area (Å²) in [7, 11) is 0. The average molecular weight is 434 g/mol. The molecule has 0 saturated heterocycles. The summed E-state index contributed by atoms with van der Waals surface area (Å²) in [5.41, 5.74) is 1.04. The van der Waals surface area contributed by atoms with Gasteiger partial charge in [0, 0.05) is 4.88 Å². The molecule has 1 atom stereocenters. The highest BCUT2D eigenvalue weighted by molar-refractivity contribution is 7.22. The Bertz CT molecular complexity index is 1520. The fourth-order valence-corrected chi connectivity index (χ4v) is 5.66. The maximum atomic E-state index is 13.7. The van der Waals surface area contributed by atoms with Crippen LogP contribution in [0.1, 0.15) is 27.0 Å². The van der Waals surface area contributed by atoms with E-state index in [1.807, 2.05) is 17.5 Å². The number of benzene rings is 2. The predicted octanol–water partition coefficient (Wildman–Crippen LogP) is 5.35. The van der Waals surface area contributed by atoms with Crippen LogP contribution in [-0.4, -0.2) is 10.9 Å². The summed E-state index contributed by atoms with van der Waals surface area (Å²) in [4.78, 5) is 33.7. The minimum absolute atomic E-state index is 0.0301. The molecule has 5 aromatic rings. The van der Waals surface area contributed by atoms with Crippen LogP contribution in [0.15, 0.2) is 69.2 Å². The van der Waals surface area contributed by atoms with E-state index in [9.17, 15) is 14.0 Å². The first kappa shape index (κ1) is 17.5. The molecule has 1 aliphatic rings. The highest BCUT2D eigenvalue weighted by atomic mass is 32.1. The van der Waals surface area contributed by atoms with Gasteiger partial charge in [0.1, 0.15) is 17.4 Å². The molecule has 0 N–H and O–H groups in total. The van der Waals surface area contributed by atoms with Crippen LogP contribution >= 0.6 is 22.7 Å². The molecular formula is C22H11FN2O3S2. The highest BCUT2D eigenvalue weighted by Gasteiger charge is 2.45. The Balaban J connectivity index is 1.64. The Kier molecular flexibility index (Phi) is 3.68. The molecule has 2 aromatic carbocycles. The lowest BCUT2D eigenvalue weighted by atomic mass is 10.0. The van der Waals surface area contributed by atoms with E-state index in [0.717, 1.165) is 4.88 Å². The molecule has 146 valence electrons. The van der Waals surface area contributed by atoms with Gasteiger partial charge in [0.15, 0.2) is 10.6 Å². The van der Waals surface area contributed by atoms with Crippen molar-refractivity contribution in [1.29, 1.82) is 0 Å². The van der Waals surface area contributed by atoms with Crippen LogP contribution in [0.5, 0.6) is 0 Å². The summed E-state index contributed by atoms with van der Waals surface area (Å²) in [6, 6.07) is 14.3. The first-order valence-corrected chi connectivity index (χ1v) is 10.8. The number of rotatable bonds is 2. The van der Waals surface area contributed by atoms with E-state index in [4.69, 9.17) is 4.42 Å². The number of hydrogen-bond donors (Lipinski definition) is 0. The maximum Gasteiger partial charge on any atom is 0.297 e. The maximum absolute atomic E-state index is 13.7. The van der Waals surface area contributed by atoms with Crippen LogP contribution in [0.4, 0.5) is 9.52 Å². The van der Waals surface area contributed by atoms with Gasteiger partial charge in [0.25, 0.3) is 5.91 Å². The lowest BCUT2D eigenvalue weighted by molar-refractivity contribution is 0.0971. The number of hydrogen-bond acceptors (Lipinski definition) is 6. The third-order valence-electron chi connectivity index (χ3n) is 5.14. The van der Waals surface area contributed by atoms with Gasteiger partial charge in [-0.25, -0.2) is 9.37 Å². The van der Waals surface area contributed by atoms with Crippen molar-refractivity contribution in [1.82, 2.24) is 4.98 Å². The molecule has 0 fully saturated rings. The second kappa shape index (κ2) is 6.32. The second-order valence-electron chi connectivity index (χ2n) is 6.87. The molecule has 5 nitrogen and oxygen atoms in total. The van der Waals surface area contributed by atoms with Crippen LogP contribution in [0.3, 0.4) is 0 Å². The zero-order valence-corrected chi connectivity index (χ0v) is 16.8. The van der Waals surface area contributed by atoms with Crippen LogP contribution < -0.4 is 10.3 Å². The first-order chi connectivity index (χ1) is 14.6. The molecule has 0 spiro atoms. The number of anilines is 1. The molecule has 1 aliphatic heterocycles.